The van der Waals surface area contributed by atoms with Gasteiger partial charge in [0, 0.05) is 11.6 Å². The molecule has 0 radical (unpaired) electrons. The maximum atomic E-state index is 12.5. The summed E-state index contributed by atoms with van der Waals surface area (Å²) in [6, 6.07) is 13.1. The number of aromatic nitrogens is 1. The van der Waals surface area contributed by atoms with Crippen molar-refractivity contribution in [3.8, 4) is 17.1 Å². The predicted octanol–water partition coefficient (Wildman–Crippen LogP) is 4.04. The summed E-state index contributed by atoms with van der Waals surface area (Å²) in [5, 5.41) is 6.66. The summed E-state index contributed by atoms with van der Waals surface area (Å²) in [7, 11) is 2.83. The van der Waals surface area contributed by atoms with Crippen molar-refractivity contribution in [3.05, 3.63) is 64.8 Å². The summed E-state index contributed by atoms with van der Waals surface area (Å²) in [5.74, 6) is -0.00417. The molecule has 1 heterocycles. The van der Waals surface area contributed by atoms with Crippen LogP contribution in [0.1, 0.15) is 20.8 Å². The highest BCUT2D eigenvalue weighted by atomic mass is 35.5. The van der Waals surface area contributed by atoms with Crippen molar-refractivity contribution in [2.45, 2.75) is 0 Å². The van der Waals surface area contributed by atoms with Gasteiger partial charge >= 0.3 is 5.97 Å². The molecule has 0 aliphatic carbocycles. The lowest BCUT2D eigenvalue weighted by Gasteiger charge is -2.07. The molecule has 0 unspecified atom stereocenters. The van der Waals surface area contributed by atoms with Gasteiger partial charge in [-0.1, -0.05) is 28.9 Å². The van der Waals surface area contributed by atoms with Gasteiger partial charge in [0.25, 0.3) is 5.91 Å². The summed E-state index contributed by atoms with van der Waals surface area (Å²) in [4.78, 5) is 24.1. The first kappa shape index (κ1) is 18.5. The van der Waals surface area contributed by atoms with E-state index >= 15 is 0 Å². The molecule has 0 fully saturated rings. The number of esters is 1. The number of nitrogens with zero attached hydrogens (tertiary/aromatic N) is 1. The van der Waals surface area contributed by atoms with E-state index in [0.717, 1.165) is 0 Å². The number of methoxy groups -OCH3 is 2. The predicted molar refractivity (Wildman–Crippen MR) is 99.2 cm³/mol. The Bertz CT molecular complexity index is 999. The van der Waals surface area contributed by atoms with Crippen molar-refractivity contribution >= 4 is 29.2 Å². The molecule has 8 heteroatoms. The van der Waals surface area contributed by atoms with Gasteiger partial charge in [-0.25, -0.2) is 4.79 Å². The highest BCUT2D eigenvalue weighted by Gasteiger charge is 2.17. The molecule has 3 aromatic rings. The molecule has 0 bridgehead atoms. The summed E-state index contributed by atoms with van der Waals surface area (Å²) in [6.45, 7) is 0. The second kappa shape index (κ2) is 7.92. The first-order valence-electron chi connectivity index (χ1n) is 7.82. The zero-order valence-electron chi connectivity index (χ0n) is 14.5. The van der Waals surface area contributed by atoms with Gasteiger partial charge in [-0.15, -0.1) is 0 Å². The van der Waals surface area contributed by atoms with Gasteiger partial charge in [-0.05, 0) is 30.3 Å². The van der Waals surface area contributed by atoms with Crippen LogP contribution < -0.4 is 10.1 Å². The van der Waals surface area contributed by atoms with Gasteiger partial charge < -0.3 is 19.3 Å². The Kier molecular flexibility index (Phi) is 5.42. The molecule has 2 aromatic carbocycles. The molecule has 0 aliphatic heterocycles. The van der Waals surface area contributed by atoms with E-state index < -0.39 is 11.9 Å². The number of hydrogen-bond acceptors (Lipinski definition) is 6. The maximum Gasteiger partial charge on any atom is 0.337 e. The van der Waals surface area contributed by atoms with Crippen LogP contribution in [-0.2, 0) is 4.74 Å². The van der Waals surface area contributed by atoms with Crippen molar-refractivity contribution in [3.63, 3.8) is 0 Å². The van der Waals surface area contributed by atoms with Crippen molar-refractivity contribution < 1.29 is 23.6 Å². The molecule has 1 amide bonds. The van der Waals surface area contributed by atoms with E-state index in [1.165, 1.54) is 31.4 Å². The number of hydrogen-bond donors (Lipinski definition) is 1. The minimum absolute atomic E-state index is 0.0624. The Labute approximate surface area is 159 Å². The van der Waals surface area contributed by atoms with Gasteiger partial charge in [-0.2, -0.15) is 0 Å². The number of amides is 1. The van der Waals surface area contributed by atoms with Gasteiger partial charge in [0.2, 0.25) is 0 Å². The molecule has 1 aromatic heterocycles. The molecule has 0 atom stereocenters. The maximum absolute atomic E-state index is 12.5. The van der Waals surface area contributed by atoms with Crippen molar-refractivity contribution in [1.82, 2.24) is 5.16 Å². The second-order valence-electron chi connectivity index (χ2n) is 5.45. The third-order valence-electron chi connectivity index (χ3n) is 3.73. The first-order chi connectivity index (χ1) is 13.0. The highest BCUT2D eigenvalue weighted by molar-refractivity contribution is 6.34. The fourth-order valence-corrected chi connectivity index (χ4v) is 2.51. The van der Waals surface area contributed by atoms with E-state index in [9.17, 15) is 9.59 Å². The minimum Gasteiger partial charge on any atom is -0.497 e. The molecular formula is C19H15ClN2O5. The van der Waals surface area contributed by atoms with Crippen LogP contribution in [0.3, 0.4) is 0 Å². The van der Waals surface area contributed by atoms with Crippen LogP contribution in [0.5, 0.6) is 5.75 Å². The van der Waals surface area contributed by atoms with Crippen molar-refractivity contribution in [1.29, 1.82) is 0 Å². The van der Waals surface area contributed by atoms with E-state index in [0.29, 0.717) is 17.1 Å². The minimum atomic E-state index is -0.538. The Morgan fingerprint density at radius 2 is 1.93 bits per heavy atom. The normalized spacial score (nSPS) is 10.3. The molecule has 3 rings (SSSR count). The van der Waals surface area contributed by atoms with E-state index in [4.69, 9.17) is 20.9 Å². The molecule has 0 saturated heterocycles. The first-order valence-corrected chi connectivity index (χ1v) is 8.20. The number of carbonyl (C=O) groups excluding carboxylic acids is 2. The number of halogens is 1. The Balaban J connectivity index is 1.81. The third-order valence-corrected chi connectivity index (χ3v) is 4.06. The van der Waals surface area contributed by atoms with Gasteiger partial charge in [0.05, 0.1) is 30.5 Å². The topological polar surface area (TPSA) is 90.7 Å². The van der Waals surface area contributed by atoms with Gasteiger partial charge in [0.1, 0.15) is 5.75 Å². The van der Waals surface area contributed by atoms with E-state index in [1.807, 2.05) is 0 Å². The molecule has 1 N–H and O–H groups in total. The number of anilines is 1. The van der Waals surface area contributed by atoms with E-state index in [2.05, 4.69) is 15.2 Å². The summed E-state index contributed by atoms with van der Waals surface area (Å²) in [5.41, 5.74) is 1.30. The molecular weight excluding hydrogens is 372 g/mol. The highest BCUT2D eigenvalue weighted by Crippen LogP contribution is 2.26. The summed E-state index contributed by atoms with van der Waals surface area (Å²) >= 11 is 6.09. The smallest absolute Gasteiger partial charge is 0.337 e. The molecule has 27 heavy (non-hydrogen) atoms. The third kappa shape index (κ3) is 4.09. The van der Waals surface area contributed by atoms with Crippen LogP contribution in [0.2, 0.25) is 5.02 Å². The largest absolute Gasteiger partial charge is 0.497 e. The van der Waals surface area contributed by atoms with Crippen LogP contribution in [0, 0.1) is 0 Å². The molecule has 0 spiro atoms. The molecule has 0 aliphatic rings. The lowest BCUT2D eigenvalue weighted by atomic mass is 10.1. The number of carbonyl (C=O) groups is 2. The van der Waals surface area contributed by atoms with E-state index in [-0.39, 0.29) is 22.0 Å². The summed E-state index contributed by atoms with van der Waals surface area (Å²) in [6.07, 6.45) is 0. The SMILES string of the molecule is COC(=O)c1ccc(Cl)c(NC(=O)c2cc(-c3cccc(OC)c3)on2)c1. The standard InChI is InChI=1S/C19H15ClN2O5/c1-25-13-5-3-4-11(8-13)17-10-16(22-27-17)18(23)21-15-9-12(19(24)26-2)6-7-14(15)20/h3-10H,1-2H3,(H,21,23). The van der Waals surface area contributed by atoms with E-state index in [1.54, 1.807) is 31.4 Å². The van der Waals surface area contributed by atoms with Crippen molar-refractivity contribution in [2.75, 3.05) is 19.5 Å². The zero-order valence-corrected chi connectivity index (χ0v) is 15.2. The fraction of sp³-hybridized carbons (Fsp3) is 0.105. The molecule has 0 saturated carbocycles. The Morgan fingerprint density at radius 1 is 1.11 bits per heavy atom. The second-order valence-corrected chi connectivity index (χ2v) is 5.86. The average molecular weight is 387 g/mol. The Hall–Kier alpha value is -3.32. The average Bonchev–Trinajstić information content (AvgIpc) is 3.19. The quantitative estimate of drug-likeness (QED) is 0.665. The van der Waals surface area contributed by atoms with Crippen LogP contribution in [0.15, 0.2) is 53.1 Å². The number of nitrogens with one attached hydrogen (secondary N) is 1. The monoisotopic (exact) mass is 386 g/mol. The van der Waals surface area contributed by atoms with Gasteiger partial charge in [-0.3, -0.25) is 4.79 Å². The van der Waals surface area contributed by atoms with Gasteiger partial charge in [0.15, 0.2) is 11.5 Å². The van der Waals surface area contributed by atoms with Crippen LogP contribution in [0.25, 0.3) is 11.3 Å². The van der Waals surface area contributed by atoms with Crippen LogP contribution in [0.4, 0.5) is 5.69 Å². The van der Waals surface area contributed by atoms with Crippen molar-refractivity contribution in [2.24, 2.45) is 0 Å². The number of rotatable bonds is 5. The number of ether oxygens (including phenoxy) is 2. The lowest BCUT2D eigenvalue weighted by molar-refractivity contribution is 0.0600. The zero-order chi connectivity index (χ0) is 19.4. The fourth-order valence-electron chi connectivity index (χ4n) is 2.35. The molecule has 138 valence electrons. The lowest BCUT2D eigenvalue weighted by Crippen LogP contribution is -2.13. The Morgan fingerprint density at radius 3 is 2.67 bits per heavy atom. The summed E-state index contributed by atoms with van der Waals surface area (Å²) < 4.78 is 15.1. The molecule has 7 nitrogen and oxygen atoms in total. The number of benzene rings is 2. The van der Waals surface area contributed by atoms with Crippen LogP contribution >= 0.6 is 11.6 Å². The van der Waals surface area contributed by atoms with Crippen LogP contribution in [-0.4, -0.2) is 31.3 Å².